The Morgan fingerprint density at radius 2 is 1.76 bits per heavy atom. The largest absolute Gasteiger partial charge is 0.324 e. The fourth-order valence-electron chi connectivity index (χ4n) is 1.91. The van der Waals surface area contributed by atoms with Crippen LogP contribution in [0.1, 0.15) is 6.92 Å². The van der Waals surface area contributed by atoms with Crippen LogP contribution in [-0.4, -0.2) is 21.8 Å². The molecule has 1 amide bonds. The minimum Gasteiger partial charge on any atom is -0.324 e. The molecular weight excluding hydrogens is 370 g/mol. The zero-order valence-electron chi connectivity index (χ0n) is 13.0. The predicted octanol–water partition coefficient (Wildman–Crippen LogP) is 5.03. The first-order valence-corrected chi connectivity index (χ1v) is 8.88. The molecule has 132 valence electrons. The first-order chi connectivity index (χ1) is 11.9. The Kier molecular flexibility index (Phi) is 6.77. The lowest BCUT2D eigenvalue weighted by atomic mass is 10.3. The summed E-state index contributed by atoms with van der Waals surface area (Å²) in [5.41, 5.74) is 0.299. The first-order valence-electron chi connectivity index (χ1n) is 7.12. The lowest BCUT2D eigenvalue weighted by Crippen LogP contribution is -2.22. The van der Waals surface area contributed by atoms with Crippen LogP contribution in [0.15, 0.2) is 58.3 Å². The number of thioether (sulfide) groups is 2. The number of hydrogen-bond acceptors (Lipinski definition) is 5. The monoisotopic (exact) mass is 384 g/mol. The molecule has 9 heteroatoms. The maximum Gasteiger partial charge on any atom is 0.288 e. The van der Waals surface area contributed by atoms with Crippen molar-refractivity contribution in [1.29, 1.82) is 0 Å². The molecule has 0 aliphatic heterocycles. The van der Waals surface area contributed by atoms with E-state index < -0.39 is 15.9 Å². The third kappa shape index (κ3) is 5.71. The van der Waals surface area contributed by atoms with Gasteiger partial charge in [-0.2, -0.15) is 8.78 Å². The Morgan fingerprint density at radius 3 is 2.36 bits per heavy atom. The van der Waals surface area contributed by atoms with Crippen molar-refractivity contribution < 1.29 is 18.5 Å². The van der Waals surface area contributed by atoms with Crippen molar-refractivity contribution in [2.24, 2.45) is 0 Å². The summed E-state index contributed by atoms with van der Waals surface area (Å²) in [6, 6.07) is 12.2. The molecule has 0 aliphatic carbocycles. The van der Waals surface area contributed by atoms with Crippen LogP contribution < -0.4 is 5.32 Å². The van der Waals surface area contributed by atoms with Crippen molar-refractivity contribution >= 4 is 40.8 Å². The Hall–Kier alpha value is -2.13. The van der Waals surface area contributed by atoms with E-state index in [9.17, 15) is 23.7 Å². The van der Waals surface area contributed by atoms with Gasteiger partial charge in [0.2, 0.25) is 5.91 Å². The second-order valence-corrected chi connectivity index (χ2v) is 7.32. The van der Waals surface area contributed by atoms with Crippen molar-refractivity contribution in [3.8, 4) is 0 Å². The van der Waals surface area contributed by atoms with Gasteiger partial charge in [-0.15, -0.1) is 11.8 Å². The lowest BCUT2D eigenvalue weighted by molar-refractivity contribution is -0.384. The molecule has 1 atom stereocenters. The van der Waals surface area contributed by atoms with Crippen LogP contribution in [0.25, 0.3) is 0 Å². The van der Waals surface area contributed by atoms with Gasteiger partial charge in [0.25, 0.3) is 11.4 Å². The van der Waals surface area contributed by atoms with Gasteiger partial charge in [-0.05, 0) is 31.2 Å². The third-order valence-electron chi connectivity index (χ3n) is 3.09. The Balaban J connectivity index is 2.02. The lowest BCUT2D eigenvalue weighted by Gasteiger charge is -2.14. The van der Waals surface area contributed by atoms with Gasteiger partial charge in [0.05, 0.1) is 15.9 Å². The van der Waals surface area contributed by atoms with Crippen molar-refractivity contribution in [2.75, 3.05) is 5.32 Å². The number of carbonyl (C=O) groups excluding carboxylic acids is 1. The van der Waals surface area contributed by atoms with E-state index >= 15 is 0 Å². The van der Waals surface area contributed by atoms with Crippen molar-refractivity contribution in [2.45, 2.75) is 27.7 Å². The van der Waals surface area contributed by atoms with Crippen molar-refractivity contribution in [1.82, 2.24) is 0 Å². The number of nitro benzene ring substituents is 1. The van der Waals surface area contributed by atoms with E-state index in [0.29, 0.717) is 27.2 Å². The fraction of sp³-hybridized carbons (Fsp3) is 0.188. The van der Waals surface area contributed by atoms with Gasteiger partial charge in [-0.25, -0.2) is 0 Å². The number of rotatable bonds is 7. The van der Waals surface area contributed by atoms with Gasteiger partial charge in [0.1, 0.15) is 0 Å². The van der Waals surface area contributed by atoms with E-state index in [1.165, 1.54) is 30.0 Å². The topological polar surface area (TPSA) is 72.2 Å². The van der Waals surface area contributed by atoms with E-state index in [0.717, 1.165) is 0 Å². The molecule has 1 N–H and O–H groups in total. The summed E-state index contributed by atoms with van der Waals surface area (Å²) in [6.07, 6.45) is 0. The van der Waals surface area contributed by atoms with E-state index in [1.54, 1.807) is 37.3 Å². The molecule has 0 aromatic heterocycles. The number of amides is 1. The molecule has 5 nitrogen and oxygen atoms in total. The molecule has 0 aliphatic rings. The van der Waals surface area contributed by atoms with Gasteiger partial charge >= 0.3 is 0 Å². The minimum atomic E-state index is -2.58. The van der Waals surface area contributed by atoms with Crippen LogP contribution in [0, 0.1) is 10.1 Å². The van der Waals surface area contributed by atoms with Gasteiger partial charge in [-0.3, -0.25) is 14.9 Å². The van der Waals surface area contributed by atoms with Crippen LogP contribution in [-0.2, 0) is 4.79 Å². The molecule has 0 heterocycles. The summed E-state index contributed by atoms with van der Waals surface area (Å²) in [7, 11) is 0. The van der Waals surface area contributed by atoms with Crippen LogP contribution >= 0.6 is 23.5 Å². The molecule has 2 rings (SSSR count). The standard InChI is InChI=1S/C16H14F2N2O3S2/c1-10(24-12-8-6-11(7-9-12)20(22)23)15(21)19-13-4-2-3-5-14(13)25-16(17)18/h2-10,16H,1H3,(H,19,21)/t10-/m1/s1. The summed E-state index contributed by atoms with van der Waals surface area (Å²) >= 11 is 1.59. The smallest absolute Gasteiger partial charge is 0.288 e. The predicted molar refractivity (Wildman–Crippen MR) is 95.3 cm³/mol. The maximum atomic E-state index is 12.6. The van der Waals surface area contributed by atoms with Gasteiger partial charge in [-0.1, -0.05) is 23.9 Å². The van der Waals surface area contributed by atoms with Crippen LogP contribution in [0.3, 0.4) is 0 Å². The summed E-state index contributed by atoms with van der Waals surface area (Å²) in [6.45, 7) is 1.67. The van der Waals surface area contributed by atoms with Gasteiger partial charge in [0, 0.05) is 21.9 Å². The fourth-order valence-corrected chi connectivity index (χ4v) is 3.37. The number of benzene rings is 2. The maximum absolute atomic E-state index is 12.6. The molecule has 0 unspecified atom stereocenters. The van der Waals surface area contributed by atoms with Crippen LogP contribution in [0.4, 0.5) is 20.2 Å². The average molecular weight is 384 g/mol. The van der Waals surface area contributed by atoms with E-state index in [4.69, 9.17) is 0 Å². The Labute approximate surface area is 151 Å². The molecule has 2 aromatic rings. The number of non-ortho nitro benzene ring substituents is 1. The SMILES string of the molecule is C[C@@H](Sc1ccc([N+](=O)[O-])cc1)C(=O)Nc1ccccc1SC(F)F. The number of hydrogen-bond donors (Lipinski definition) is 1. The number of alkyl halides is 2. The zero-order chi connectivity index (χ0) is 18.4. The molecule has 0 spiro atoms. The number of para-hydroxylation sites is 1. The number of anilines is 1. The molecule has 2 aromatic carbocycles. The van der Waals surface area contributed by atoms with Gasteiger partial charge < -0.3 is 5.32 Å². The number of nitrogens with one attached hydrogen (secondary N) is 1. The number of nitrogens with zero attached hydrogens (tertiary/aromatic N) is 1. The molecule has 25 heavy (non-hydrogen) atoms. The van der Waals surface area contributed by atoms with E-state index in [1.807, 2.05) is 0 Å². The first kappa shape index (κ1) is 19.2. The summed E-state index contributed by atoms with van der Waals surface area (Å²) in [5.74, 6) is -2.92. The minimum absolute atomic E-state index is 0.0283. The van der Waals surface area contributed by atoms with Crippen LogP contribution in [0.2, 0.25) is 0 Å². The highest BCUT2D eigenvalue weighted by molar-refractivity contribution is 8.00. The third-order valence-corrected chi connectivity index (χ3v) is 4.99. The molecule has 0 saturated carbocycles. The highest BCUT2D eigenvalue weighted by Gasteiger charge is 2.18. The summed E-state index contributed by atoms with van der Waals surface area (Å²) in [4.78, 5) is 23.4. The number of halogens is 2. The quantitative estimate of drug-likeness (QED) is 0.412. The highest BCUT2D eigenvalue weighted by Crippen LogP contribution is 2.32. The molecule has 0 bridgehead atoms. The molecule has 0 saturated heterocycles. The summed E-state index contributed by atoms with van der Waals surface area (Å²) < 4.78 is 25.1. The normalized spacial score (nSPS) is 12.0. The second kappa shape index (κ2) is 8.82. The number of carbonyl (C=O) groups is 1. The Bertz CT molecular complexity index is 757. The molecule has 0 fully saturated rings. The number of nitro groups is 1. The summed E-state index contributed by atoms with van der Waals surface area (Å²) in [5, 5.41) is 12.8. The molecular formula is C16H14F2N2O3S2. The average Bonchev–Trinajstić information content (AvgIpc) is 2.56. The van der Waals surface area contributed by atoms with E-state index in [2.05, 4.69) is 5.32 Å². The van der Waals surface area contributed by atoms with Gasteiger partial charge in [0.15, 0.2) is 0 Å². The molecule has 0 radical (unpaired) electrons. The highest BCUT2D eigenvalue weighted by atomic mass is 32.2. The second-order valence-electron chi connectivity index (χ2n) is 4.88. The van der Waals surface area contributed by atoms with Crippen molar-refractivity contribution in [3.05, 3.63) is 58.6 Å². The zero-order valence-corrected chi connectivity index (χ0v) is 14.7. The van der Waals surface area contributed by atoms with Crippen LogP contribution in [0.5, 0.6) is 0 Å². The Morgan fingerprint density at radius 1 is 1.12 bits per heavy atom. The van der Waals surface area contributed by atoms with E-state index in [-0.39, 0.29) is 11.6 Å². The van der Waals surface area contributed by atoms with Crippen molar-refractivity contribution in [3.63, 3.8) is 0 Å².